The fourth-order valence-corrected chi connectivity index (χ4v) is 4.34. The van der Waals surface area contributed by atoms with Crippen LogP contribution in [0.3, 0.4) is 0 Å². The summed E-state index contributed by atoms with van der Waals surface area (Å²) in [5.74, 6) is 1.24. The second kappa shape index (κ2) is 8.29. The van der Waals surface area contributed by atoms with E-state index in [-0.39, 0.29) is 5.56 Å². The number of H-pyrrole nitrogens is 1. The number of unbranched alkanes of at least 4 members (excludes halogenated alkanes) is 1. The van der Waals surface area contributed by atoms with Crippen LogP contribution in [-0.4, -0.2) is 16.6 Å². The topological polar surface area (TPSA) is 55.0 Å². The van der Waals surface area contributed by atoms with Gasteiger partial charge in [0.1, 0.15) is 16.4 Å². The highest BCUT2D eigenvalue weighted by molar-refractivity contribution is 9.10. The molecule has 28 heavy (non-hydrogen) atoms. The molecule has 2 heterocycles. The smallest absolute Gasteiger partial charge is 0.259 e. The first-order valence-corrected chi connectivity index (χ1v) is 10.8. The van der Waals surface area contributed by atoms with Crippen molar-refractivity contribution < 1.29 is 4.74 Å². The van der Waals surface area contributed by atoms with E-state index >= 15 is 0 Å². The van der Waals surface area contributed by atoms with Gasteiger partial charge in [-0.2, -0.15) is 0 Å². The van der Waals surface area contributed by atoms with Crippen LogP contribution in [0, 0.1) is 0 Å². The first kappa shape index (κ1) is 18.9. The van der Waals surface area contributed by atoms with Gasteiger partial charge in [-0.1, -0.05) is 59.6 Å². The Hall–Kier alpha value is -2.44. The van der Waals surface area contributed by atoms with Crippen LogP contribution in [-0.2, 0) is 0 Å². The molecule has 0 spiro atoms. The lowest BCUT2D eigenvalue weighted by Crippen LogP contribution is -2.09. The number of rotatable bonds is 6. The molecule has 0 aliphatic carbocycles. The highest BCUT2D eigenvalue weighted by Crippen LogP contribution is 2.34. The molecule has 1 N–H and O–H groups in total. The zero-order chi connectivity index (χ0) is 19.5. The zero-order valence-electron chi connectivity index (χ0n) is 15.4. The molecule has 142 valence electrons. The average Bonchev–Trinajstić information content (AvgIpc) is 3.15. The fourth-order valence-electron chi connectivity index (χ4n) is 2.94. The number of aromatic nitrogens is 2. The monoisotopic (exact) mass is 454 g/mol. The molecule has 0 aliphatic rings. The number of nitrogens with one attached hydrogen (secondary N) is 1. The Bertz CT molecular complexity index is 1170. The summed E-state index contributed by atoms with van der Waals surface area (Å²) >= 11 is 5.03. The summed E-state index contributed by atoms with van der Waals surface area (Å²) in [5.41, 5.74) is 1.72. The van der Waals surface area contributed by atoms with Gasteiger partial charge < -0.3 is 9.72 Å². The van der Waals surface area contributed by atoms with Gasteiger partial charge >= 0.3 is 0 Å². The summed E-state index contributed by atoms with van der Waals surface area (Å²) in [7, 11) is 0. The lowest BCUT2D eigenvalue weighted by Gasteiger charge is -2.11. The third-order valence-corrected chi connectivity index (χ3v) is 5.98. The quantitative estimate of drug-likeness (QED) is 0.349. The zero-order valence-corrected chi connectivity index (χ0v) is 17.8. The molecule has 2 aromatic heterocycles. The average molecular weight is 455 g/mol. The Balaban J connectivity index is 1.80. The van der Waals surface area contributed by atoms with E-state index in [0.29, 0.717) is 17.8 Å². The van der Waals surface area contributed by atoms with E-state index in [2.05, 4.69) is 27.8 Å². The molecule has 4 nitrogen and oxygen atoms in total. The summed E-state index contributed by atoms with van der Waals surface area (Å²) in [6.07, 6.45) is 2.04. The number of aromatic amines is 1. The minimum Gasteiger partial charge on any atom is -0.493 e. The van der Waals surface area contributed by atoms with Crippen LogP contribution in [0.15, 0.2) is 63.9 Å². The fraction of sp³-hybridized carbons (Fsp3) is 0.182. The predicted octanol–water partition coefficient (Wildman–Crippen LogP) is 6.26. The van der Waals surface area contributed by atoms with Crippen LogP contribution < -0.4 is 10.3 Å². The molecule has 4 rings (SSSR count). The van der Waals surface area contributed by atoms with Crippen LogP contribution in [0.4, 0.5) is 0 Å². The maximum absolute atomic E-state index is 12.7. The first-order chi connectivity index (χ1) is 13.7. The van der Waals surface area contributed by atoms with E-state index in [4.69, 9.17) is 9.72 Å². The molecular weight excluding hydrogens is 436 g/mol. The second-order valence-corrected chi connectivity index (χ2v) is 8.40. The largest absolute Gasteiger partial charge is 0.493 e. The van der Waals surface area contributed by atoms with Gasteiger partial charge in [-0.05, 0) is 36.2 Å². The molecule has 0 saturated carbocycles. The minimum absolute atomic E-state index is 0.141. The van der Waals surface area contributed by atoms with Gasteiger partial charge in [-0.25, -0.2) is 4.98 Å². The van der Waals surface area contributed by atoms with Crippen molar-refractivity contribution in [2.45, 2.75) is 19.8 Å². The Morgan fingerprint density at radius 1 is 1.14 bits per heavy atom. The van der Waals surface area contributed by atoms with E-state index in [9.17, 15) is 4.79 Å². The molecule has 0 saturated heterocycles. The Kier molecular flexibility index (Phi) is 5.59. The van der Waals surface area contributed by atoms with Gasteiger partial charge in [0.15, 0.2) is 0 Å². The van der Waals surface area contributed by atoms with Crippen LogP contribution in [0.5, 0.6) is 5.75 Å². The molecule has 0 unspecified atom stereocenters. The summed E-state index contributed by atoms with van der Waals surface area (Å²) < 4.78 is 6.84. The number of fused-ring (bicyclic) bond motifs is 1. The highest BCUT2D eigenvalue weighted by atomic mass is 79.9. The van der Waals surface area contributed by atoms with E-state index < -0.39 is 0 Å². The molecule has 0 fully saturated rings. The minimum atomic E-state index is -0.141. The van der Waals surface area contributed by atoms with Crippen LogP contribution in [0.2, 0.25) is 0 Å². The molecule has 0 amide bonds. The van der Waals surface area contributed by atoms with Crippen molar-refractivity contribution in [1.82, 2.24) is 9.97 Å². The summed E-state index contributed by atoms with van der Waals surface area (Å²) in [5, 5.41) is 0.607. The van der Waals surface area contributed by atoms with Gasteiger partial charge in [0.05, 0.1) is 17.6 Å². The molecule has 6 heteroatoms. The number of hydrogen-bond acceptors (Lipinski definition) is 4. The predicted molar refractivity (Wildman–Crippen MR) is 119 cm³/mol. The van der Waals surface area contributed by atoms with E-state index in [0.717, 1.165) is 43.9 Å². The van der Waals surface area contributed by atoms with Crippen LogP contribution >= 0.6 is 27.3 Å². The Morgan fingerprint density at radius 3 is 2.75 bits per heavy atom. The van der Waals surface area contributed by atoms with E-state index in [1.807, 2.05) is 54.6 Å². The molecular formula is C22H19BrN2O2S. The van der Waals surface area contributed by atoms with Gasteiger partial charge in [-0.3, -0.25) is 4.79 Å². The summed E-state index contributed by atoms with van der Waals surface area (Å²) in [4.78, 5) is 22.2. The molecule has 4 aromatic rings. The third-order valence-electron chi connectivity index (χ3n) is 4.41. The number of benzene rings is 2. The lowest BCUT2D eigenvalue weighted by molar-refractivity contribution is 0.310. The second-order valence-electron chi connectivity index (χ2n) is 6.45. The molecule has 2 aromatic carbocycles. The van der Waals surface area contributed by atoms with Crippen LogP contribution in [0.1, 0.15) is 19.8 Å². The number of nitrogens with zero attached hydrogens (tertiary/aromatic N) is 1. The first-order valence-electron chi connectivity index (χ1n) is 9.17. The van der Waals surface area contributed by atoms with Crippen molar-refractivity contribution in [3.63, 3.8) is 0 Å². The maximum atomic E-state index is 12.7. The van der Waals surface area contributed by atoms with E-state index in [1.165, 1.54) is 11.3 Å². The SMILES string of the molecule is CCCCOc1ccc(Br)cc1-c1nc2sc(-c3ccccc3)cc2c(=O)[nH]1. The van der Waals surface area contributed by atoms with Gasteiger partial charge in [0.2, 0.25) is 0 Å². The molecule has 0 aliphatic heterocycles. The number of halogens is 1. The Morgan fingerprint density at radius 2 is 1.96 bits per heavy atom. The van der Waals surface area contributed by atoms with Gasteiger partial charge in [0, 0.05) is 9.35 Å². The van der Waals surface area contributed by atoms with Crippen molar-refractivity contribution in [2.75, 3.05) is 6.61 Å². The van der Waals surface area contributed by atoms with Crippen molar-refractivity contribution in [3.05, 3.63) is 69.4 Å². The van der Waals surface area contributed by atoms with Crippen molar-refractivity contribution >= 4 is 37.5 Å². The number of ether oxygens (including phenoxy) is 1. The van der Waals surface area contributed by atoms with Crippen molar-refractivity contribution in [3.8, 4) is 27.6 Å². The van der Waals surface area contributed by atoms with Gasteiger partial charge in [-0.15, -0.1) is 11.3 Å². The van der Waals surface area contributed by atoms with E-state index in [1.54, 1.807) is 0 Å². The number of thiophene rings is 1. The van der Waals surface area contributed by atoms with Crippen LogP contribution in [0.25, 0.3) is 32.0 Å². The molecule has 0 bridgehead atoms. The standard InChI is InChI=1S/C22H19BrN2O2S/c1-2-3-11-27-18-10-9-15(23)12-16(18)20-24-21(26)17-13-19(28-22(17)25-20)14-7-5-4-6-8-14/h4-10,12-13H,2-3,11H2,1H3,(H,24,25,26). The maximum Gasteiger partial charge on any atom is 0.259 e. The summed E-state index contributed by atoms with van der Waals surface area (Å²) in [6, 6.07) is 17.7. The van der Waals surface area contributed by atoms with Gasteiger partial charge in [0.25, 0.3) is 5.56 Å². The Labute approximate surface area is 175 Å². The normalized spacial score (nSPS) is 11.1. The summed E-state index contributed by atoms with van der Waals surface area (Å²) in [6.45, 7) is 2.76. The highest BCUT2D eigenvalue weighted by Gasteiger charge is 2.14. The van der Waals surface area contributed by atoms with Crippen molar-refractivity contribution in [1.29, 1.82) is 0 Å². The lowest BCUT2D eigenvalue weighted by atomic mass is 10.1. The third kappa shape index (κ3) is 3.88. The number of hydrogen-bond donors (Lipinski definition) is 1. The molecule has 0 radical (unpaired) electrons. The molecule has 0 atom stereocenters. The van der Waals surface area contributed by atoms with Crippen molar-refractivity contribution in [2.24, 2.45) is 0 Å².